The minimum Gasteiger partial charge on any atom is -0.325 e. The first-order chi connectivity index (χ1) is 15.4. The first-order valence-electron chi connectivity index (χ1n) is 9.74. The molecule has 0 saturated carbocycles. The van der Waals surface area contributed by atoms with Crippen LogP contribution in [-0.4, -0.2) is 31.4 Å². The summed E-state index contributed by atoms with van der Waals surface area (Å²) in [5, 5.41) is 13.5. The lowest BCUT2D eigenvalue weighted by Gasteiger charge is -2.14. The van der Waals surface area contributed by atoms with Gasteiger partial charge in [0.15, 0.2) is 11.0 Å². The van der Waals surface area contributed by atoms with E-state index in [0.717, 1.165) is 22.4 Å². The molecule has 0 fully saturated rings. The Morgan fingerprint density at radius 2 is 1.84 bits per heavy atom. The van der Waals surface area contributed by atoms with Crippen LogP contribution in [0.1, 0.15) is 11.1 Å². The molecular weight excluding hydrogens is 465 g/mol. The smallest absolute Gasteiger partial charge is 0.234 e. The zero-order chi connectivity index (χ0) is 22.7. The number of rotatable bonds is 6. The van der Waals surface area contributed by atoms with Crippen molar-refractivity contribution in [2.75, 3.05) is 11.1 Å². The van der Waals surface area contributed by atoms with E-state index in [1.165, 1.54) is 11.8 Å². The quantitative estimate of drug-likeness (QED) is 0.341. The Balaban J connectivity index is 1.64. The van der Waals surface area contributed by atoms with Gasteiger partial charge in [0.1, 0.15) is 0 Å². The van der Waals surface area contributed by atoms with E-state index >= 15 is 0 Å². The molecule has 1 N–H and O–H groups in total. The predicted molar refractivity (Wildman–Crippen MR) is 130 cm³/mol. The minimum absolute atomic E-state index is 0.153. The van der Waals surface area contributed by atoms with Gasteiger partial charge in [-0.2, -0.15) is 0 Å². The molecule has 2 heterocycles. The van der Waals surface area contributed by atoms with Crippen LogP contribution < -0.4 is 5.32 Å². The van der Waals surface area contributed by atoms with Crippen molar-refractivity contribution in [3.05, 3.63) is 82.1 Å². The van der Waals surface area contributed by atoms with Gasteiger partial charge in [0.25, 0.3) is 0 Å². The van der Waals surface area contributed by atoms with Gasteiger partial charge in [-0.1, -0.05) is 47.1 Å². The van der Waals surface area contributed by atoms with Crippen LogP contribution in [0.5, 0.6) is 0 Å². The van der Waals surface area contributed by atoms with Crippen molar-refractivity contribution in [3.63, 3.8) is 0 Å². The zero-order valence-electron chi connectivity index (χ0n) is 17.3. The van der Waals surface area contributed by atoms with Crippen molar-refractivity contribution in [1.29, 1.82) is 0 Å². The van der Waals surface area contributed by atoms with Crippen LogP contribution in [0.4, 0.5) is 5.69 Å². The van der Waals surface area contributed by atoms with Gasteiger partial charge in [-0.3, -0.25) is 14.3 Å². The molecule has 0 aliphatic carbocycles. The molecule has 0 spiro atoms. The Kier molecular flexibility index (Phi) is 6.79. The summed E-state index contributed by atoms with van der Waals surface area (Å²) in [4.78, 5) is 16.7. The third-order valence-electron chi connectivity index (χ3n) is 4.86. The molecule has 162 valence electrons. The summed E-state index contributed by atoms with van der Waals surface area (Å²) in [7, 11) is 0. The van der Waals surface area contributed by atoms with E-state index in [4.69, 9.17) is 23.2 Å². The van der Waals surface area contributed by atoms with E-state index in [0.29, 0.717) is 26.7 Å². The Hall–Kier alpha value is -2.87. The molecule has 0 aliphatic rings. The molecule has 4 aromatic rings. The first-order valence-corrected chi connectivity index (χ1v) is 11.5. The number of halogens is 2. The van der Waals surface area contributed by atoms with Gasteiger partial charge in [0.05, 0.1) is 11.4 Å². The molecule has 0 bridgehead atoms. The van der Waals surface area contributed by atoms with Crippen molar-refractivity contribution in [1.82, 2.24) is 19.7 Å². The van der Waals surface area contributed by atoms with Crippen LogP contribution in [-0.2, 0) is 4.79 Å². The summed E-state index contributed by atoms with van der Waals surface area (Å²) in [6.07, 6.45) is 3.40. The zero-order valence-corrected chi connectivity index (χ0v) is 19.7. The minimum atomic E-state index is -0.164. The maximum absolute atomic E-state index is 12.6. The number of benzene rings is 2. The number of thioether (sulfide) groups is 1. The van der Waals surface area contributed by atoms with Gasteiger partial charge in [0.2, 0.25) is 5.91 Å². The maximum atomic E-state index is 12.6. The van der Waals surface area contributed by atoms with Gasteiger partial charge in [0, 0.05) is 33.7 Å². The van der Waals surface area contributed by atoms with Crippen LogP contribution in [0, 0.1) is 13.8 Å². The van der Waals surface area contributed by atoms with Gasteiger partial charge in [-0.05, 0) is 61.4 Å². The van der Waals surface area contributed by atoms with E-state index in [9.17, 15) is 4.79 Å². The molecular formula is C23H19Cl2N5OS. The number of aromatic nitrogens is 4. The lowest BCUT2D eigenvalue weighted by Crippen LogP contribution is -2.15. The van der Waals surface area contributed by atoms with E-state index in [1.54, 1.807) is 24.5 Å². The monoisotopic (exact) mass is 483 g/mol. The van der Waals surface area contributed by atoms with Crippen LogP contribution >= 0.6 is 35.0 Å². The largest absolute Gasteiger partial charge is 0.325 e. The van der Waals surface area contributed by atoms with Gasteiger partial charge >= 0.3 is 0 Å². The second-order valence-electron chi connectivity index (χ2n) is 7.06. The van der Waals surface area contributed by atoms with Gasteiger partial charge in [-0.25, -0.2) is 0 Å². The number of pyridine rings is 1. The molecule has 0 atom stereocenters. The molecule has 6 nitrogen and oxygen atoms in total. The summed E-state index contributed by atoms with van der Waals surface area (Å²) in [5.41, 5.74) is 4.23. The number of anilines is 1. The Morgan fingerprint density at radius 3 is 2.62 bits per heavy atom. The molecule has 4 rings (SSSR count). The molecule has 2 aromatic carbocycles. The molecule has 32 heavy (non-hydrogen) atoms. The summed E-state index contributed by atoms with van der Waals surface area (Å²) in [5.74, 6) is 0.634. The second kappa shape index (κ2) is 9.73. The Bertz CT molecular complexity index is 1280. The molecule has 0 unspecified atom stereocenters. The number of carbonyl (C=O) groups is 1. The fourth-order valence-corrected chi connectivity index (χ4v) is 4.24. The highest BCUT2D eigenvalue weighted by atomic mass is 35.5. The van der Waals surface area contributed by atoms with E-state index in [1.807, 2.05) is 54.8 Å². The normalized spacial score (nSPS) is 10.9. The van der Waals surface area contributed by atoms with E-state index in [2.05, 4.69) is 20.5 Å². The number of hydrogen-bond acceptors (Lipinski definition) is 5. The lowest BCUT2D eigenvalue weighted by molar-refractivity contribution is -0.113. The van der Waals surface area contributed by atoms with E-state index < -0.39 is 0 Å². The van der Waals surface area contributed by atoms with Crippen LogP contribution in [0.25, 0.3) is 17.1 Å². The first kappa shape index (κ1) is 22.3. The average molecular weight is 484 g/mol. The predicted octanol–water partition coefficient (Wildman–Crippen LogP) is 5.98. The lowest BCUT2D eigenvalue weighted by atomic mass is 10.2. The van der Waals surface area contributed by atoms with Crippen molar-refractivity contribution in [2.45, 2.75) is 19.0 Å². The molecule has 1 amide bonds. The highest BCUT2D eigenvalue weighted by Crippen LogP contribution is 2.31. The van der Waals surface area contributed by atoms with Gasteiger partial charge < -0.3 is 5.32 Å². The number of aryl methyl sites for hydroxylation is 1. The van der Waals surface area contributed by atoms with Crippen LogP contribution in [0.15, 0.2) is 66.1 Å². The van der Waals surface area contributed by atoms with Crippen molar-refractivity contribution >= 4 is 46.6 Å². The van der Waals surface area contributed by atoms with Gasteiger partial charge in [-0.15, -0.1) is 10.2 Å². The number of amides is 1. The van der Waals surface area contributed by atoms with Crippen LogP contribution in [0.2, 0.25) is 10.0 Å². The number of nitrogens with one attached hydrogen (secondary N) is 1. The number of hydrogen-bond donors (Lipinski definition) is 1. The summed E-state index contributed by atoms with van der Waals surface area (Å²) < 4.78 is 1.92. The maximum Gasteiger partial charge on any atom is 0.234 e. The highest BCUT2D eigenvalue weighted by molar-refractivity contribution is 7.99. The second-order valence-corrected chi connectivity index (χ2v) is 8.84. The summed E-state index contributed by atoms with van der Waals surface area (Å²) in [6, 6.07) is 14.8. The fourth-order valence-electron chi connectivity index (χ4n) is 3.15. The average Bonchev–Trinajstić information content (AvgIpc) is 3.21. The Labute approximate surface area is 200 Å². The van der Waals surface area contributed by atoms with Crippen LogP contribution in [0.3, 0.4) is 0 Å². The number of carbonyl (C=O) groups excluding carboxylic acids is 1. The van der Waals surface area contributed by atoms with Crippen molar-refractivity contribution in [2.24, 2.45) is 0 Å². The topological polar surface area (TPSA) is 72.7 Å². The number of nitrogens with zero attached hydrogens (tertiary/aromatic N) is 4. The molecule has 2 aromatic heterocycles. The third kappa shape index (κ3) is 4.80. The molecule has 9 heteroatoms. The van der Waals surface area contributed by atoms with Crippen molar-refractivity contribution < 1.29 is 4.79 Å². The SMILES string of the molecule is Cc1ccc(Cl)cc1NC(=O)CSc1nnc(-c2ccncc2)n1-c1cccc(Cl)c1C. The third-order valence-corrected chi connectivity index (χ3v) is 6.43. The molecule has 0 radical (unpaired) electrons. The Morgan fingerprint density at radius 1 is 1.06 bits per heavy atom. The summed E-state index contributed by atoms with van der Waals surface area (Å²) in [6.45, 7) is 3.86. The van der Waals surface area contributed by atoms with E-state index in [-0.39, 0.29) is 11.7 Å². The highest BCUT2D eigenvalue weighted by Gasteiger charge is 2.19. The standard InChI is InChI=1S/C23H19Cl2N5OS/c1-14-6-7-17(24)12-19(14)27-21(31)13-32-23-29-28-22(16-8-10-26-11-9-16)30(23)20-5-3-4-18(25)15(20)2/h3-12H,13H2,1-2H3,(H,27,31). The molecule has 0 aliphatic heterocycles. The van der Waals surface area contributed by atoms with Crippen molar-refractivity contribution in [3.8, 4) is 17.1 Å². The molecule has 0 saturated heterocycles. The summed E-state index contributed by atoms with van der Waals surface area (Å²) >= 11 is 13.7. The fraction of sp³-hybridized carbons (Fsp3) is 0.130.